The number of fused-ring (bicyclic) bond motifs is 1. The summed E-state index contributed by atoms with van der Waals surface area (Å²) in [6, 6.07) is 4.41. The molecule has 1 N–H and O–H groups in total. The molecule has 2 heterocycles. The van der Waals surface area contributed by atoms with Crippen molar-refractivity contribution in [2.45, 2.75) is 104 Å². The van der Waals surface area contributed by atoms with E-state index in [1.807, 2.05) is 24.7 Å². The van der Waals surface area contributed by atoms with Gasteiger partial charge in [0.1, 0.15) is 0 Å². The van der Waals surface area contributed by atoms with E-state index >= 15 is 0 Å². The van der Waals surface area contributed by atoms with Gasteiger partial charge < -0.3 is 5.32 Å². The first kappa shape index (κ1) is 32.2. The van der Waals surface area contributed by atoms with Crippen LogP contribution in [0.4, 0.5) is 0 Å². The van der Waals surface area contributed by atoms with Crippen LogP contribution in [0.1, 0.15) is 120 Å². The number of nitrogens with zero attached hydrogens (tertiary/aromatic N) is 3. The van der Waals surface area contributed by atoms with Gasteiger partial charge in [0.05, 0.1) is 11.7 Å². The molecule has 1 aliphatic heterocycles. The Balaban J connectivity index is 0.992. The minimum absolute atomic E-state index is 0.0573. The quantitative estimate of drug-likeness (QED) is 0.257. The summed E-state index contributed by atoms with van der Waals surface area (Å²) >= 11 is 0. The van der Waals surface area contributed by atoms with Crippen LogP contribution in [0.15, 0.2) is 47.2 Å². The van der Waals surface area contributed by atoms with E-state index < -0.39 is 0 Å². The Kier molecular flexibility index (Phi) is 8.88. The molecular weight excluding hydrogens is 584 g/mol. The van der Waals surface area contributed by atoms with E-state index in [1.165, 1.54) is 44.1 Å². The standard InChI is InChI=1S/C40H52N4O3/c1-25(2)44-36-19-32(18-34(35(36)24-42-44)37(45)6-5-33-27(4)13-26(3)14-38(33)46)31-7-10-43(11-8-31)12-9-41-39(47)23-40-20-28-15-29(21-40)17-30(16-28)22-40/h7,13,18-19,24-25,28-30H,5-6,8-12,14-17,20-23H2,1-4H3,(H,41,47). The summed E-state index contributed by atoms with van der Waals surface area (Å²) in [7, 11) is 0. The van der Waals surface area contributed by atoms with Gasteiger partial charge in [0.15, 0.2) is 11.6 Å². The van der Waals surface area contributed by atoms with Crippen molar-refractivity contribution >= 4 is 33.9 Å². The number of Topliss-reactive ketones (excluding diaryl/α,β-unsaturated/α-hetero) is 2. The van der Waals surface area contributed by atoms with Crippen molar-refractivity contribution in [1.29, 1.82) is 0 Å². The van der Waals surface area contributed by atoms with E-state index in [0.29, 0.717) is 31.4 Å². The topological polar surface area (TPSA) is 84.3 Å². The van der Waals surface area contributed by atoms with E-state index in [4.69, 9.17) is 0 Å². The fourth-order valence-electron chi connectivity index (χ4n) is 10.2. The normalized spacial score (nSPS) is 27.5. The fourth-order valence-corrected chi connectivity index (χ4v) is 10.2. The van der Waals surface area contributed by atoms with Crippen LogP contribution in [0.5, 0.6) is 0 Å². The highest BCUT2D eigenvalue weighted by Crippen LogP contribution is 2.61. The summed E-state index contributed by atoms with van der Waals surface area (Å²) in [5.74, 6) is 3.07. The van der Waals surface area contributed by atoms with E-state index in [9.17, 15) is 14.4 Å². The van der Waals surface area contributed by atoms with Gasteiger partial charge in [-0.05, 0) is 137 Å². The molecule has 0 atom stereocenters. The Labute approximate surface area is 279 Å². The summed E-state index contributed by atoms with van der Waals surface area (Å²) in [4.78, 5) is 41.9. The van der Waals surface area contributed by atoms with E-state index in [0.717, 1.165) is 83.4 Å². The van der Waals surface area contributed by atoms with Crippen molar-refractivity contribution in [3.8, 4) is 0 Å². The number of hydrogen-bond acceptors (Lipinski definition) is 5. The van der Waals surface area contributed by atoms with Crippen molar-refractivity contribution in [3.63, 3.8) is 0 Å². The van der Waals surface area contributed by atoms with E-state index in [1.54, 1.807) is 0 Å². The summed E-state index contributed by atoms with van der Waals surface area (Å²) in [6.45, 7) is 11.5. The predicted molar refractivity (Wildman–Crippen MR) is 187 cm³/mol. The third-order valence-electron chi connectivity index (χ3n) is 11.9. The van der Waals surface area contributed by atoms with Crippen molar-refractivity contribution in [2.24, 2.45) is 23.2 Å². The third-order valence-corrected chi connectivity index (χ3v) is 11.9. The number of benzene rings is 1. The molecule has 0 spiro atoms. The Morgan fingerprint density at radius 2 is 1.79 bits per heavy atom. The molecule has 0 unspecified atom stereocenters. The highest BCUT2D eigenvalue weighted by molar-refractivity contribution is 6.09. The number of amides is 1. The number of allylic oxidation sites excluding steroid dienone is 4. The molecule has 7 nitrogen and oxygen atoms in total. The second-order valence-electron chi connectivity index (χ2n) is 16.0. The van der Waals surface area contributed by atoms with Crippen LogP contribution in [0, 0.1) is 23.2 Å². The first-order valence-corrected chi connectivity index (χ1v) is 18.2. The van der Waals surface area contributed by atoms with Crippen molar-refractivity contribution < 1.29 is 14.4 Å². The molecule has 7 heteroatoms. The van der Waals surface area contributed by atoms with E-state index in [2.05, 4.69) is 53.4 Å². The Hall–Kier alpha value is -3.32. The molecular formula is C40H52N4O3. The molecule has 250 valence electrons. The maximum Gasteiger partial charge on any atom is 0.220 e. The van der Waals surface area contributed by atoms with Gasteiger partial charge in [-0.15, -0.1) is 0 Å². The van der Waals surface area contributed by atoms with Gasteiger partial charge >= 0.3 is 0 Å². The number of carbonyl (C=O) groups excluding carboxylic acids is 3. The van der Waals surface area contributed by atoms with Crippen LogP contribution < -0.4 is 5.32 Å². The fraction of sp³-hybridized carbons (Fsp3) is 0.600. The minimum atomic E-state index is 0.0573. The van der Waals surface area contributed by atoms with Crippen LogP contribution in [-0.4, -0.2) is 58.3 Å². The van der Waals surface area contributed by atoms with Crippen LogP contribution in [0.3, 0.4) is 0 Å². The van der Waals surface area contributed by atoms with Gasteiger partial charge in [0.25, 0.3) is 0 Å². The number of nitrogens with one attached hydrogen (secondary N) is 1. The molecule has 2 aromatic rings. The molecule has 4 bridgehead atoms. The molecule has 4 saturated carbocycles. The SMILES string of the molecule is CC1=CC(C)=C(CCC(=O)c2cc(C3=CCN(CCNC(=O)CC45CC6CC(CC(C6)C4)C5)CC3)cc3c2cnn3C(C)C)C(=O)C1. The van der Waals surface area contributed by atoms with Crippen molar-refractivity contribution in [2.75, 3.05) is 26.2 Å². The lowest BCUT2D eigenvalue weighted by Gasteiger charge is -2.56. The zero-order chi connectivity index (χ0) is 32.9. The number of carbonyl (C=O) groups is 3. The van der Waals surface area contributed by atoms with Crippen LogP contribution in [0.2, 0.25) is 0 Å². The Bertz CT molecular complexity index is 1650. The molecule has 6 aliphatic rings. The Morgan fingerprint density at radius 1 is 1.06 bits per heavy atom. The highest BCUT2D eigenvalue weighted by atomic mass is 16.1. The molecule has 47 heavy (non-hydrogen) atoms. The number of aromatic nitrogens is 2. The molecule has 0 radical (unpaired) electrons. The highest BCUT2D eigenvalue weighted by Gasteiger charge is 2.51. The monoisotopic (exact) mass is 636 g/mol. The smallest absolute Gasteiger partial charge is 0.220 e. The third kappa shape index (κ3) is 6.70. The van der Waals surface area contributed by atoms with Crippen LogP contribution in [-0.2, 0) is 9.59 Å². The van der Waals surface area contributed by atoms with Crippen LogP contribution >= 0.6 is 0 Å². The molecule has 1 amide bonds. The largest absolute Gasteiger partial charge is 0.355 e. The molecule has 8 rings (SSSR count). The van der Waals surface area contributed by atoms with Gasteiger partial charge in [-0.1, -0.05) is 17.7 Å². The van der Waals surface area contributed by atoms with Crippen molar-refractivity contribution in [1.82, 2.24) is 20.0 Å². The summed E-state index contributed by atoms with van der Waals surface area (Å²) in [6.07, 6.45) is 17.1. The summed E-state index contributed by atoms with van der Waals surface area (Å²) in [5, 5.41) is 8.81. The number of ketones is 2. The van der Waals surface area contributed by atoms with Gasteiger partial charge in [-0.2, -0.15) is 5.10 Å². The summed E-state index contributed by atoms with van der Waals surface area (Å²) < 4.78 is 2.00. The lowest BCUT2D eigenvalue weighted by atomic mass is 9.49. The van der Waals surface area contributed by atoms with Gasteiger partial charge in [-0.25, -0.2) is 0 Å². The van der Waals surface area contributed by atoms with Gasteiger partial charge in [0.2, 0.25) is 5.91 Å². The predicted octanol–water partition coefficient (Wildman–Crippen LogP) is 7.63. The maximum absolute atomic E-state index is 13.8. The molecule has 1 aromatic heterocycles. The zero-order valence-corrected chi connectivity index (χ0v) is 28.9. The van der Waals surface area contributed by atoms with Crippen molar-refractivity contribution in [3.05, 3.63) is 58.3 Å². The van der Waals surface area contributed by atoms with Gasteiger partial charge in [-0.3, -0.25) is 24.0 Å². The van der Waals surface area contributed by atoms with E-state index in [-0.39, 0.29) is 28.9 Å². The number of rotatable bonds is 11. The molecule has 1 aromatic carbocycles. The molecule has 0 saturated heterocycles. The minimum Gasteiger partial charge on any atom is -0.355 e. The lowest BCUT2D eigenvalue weighted by molar-refractivity contribution is -0.129. The Morgan fingerprint density at radius 3 is 2.43 bits per heavy atom. The molecule has 4 fully saturated rings. The first-order valence-electron chi connectivity index (χ1n) is 18.2. The molecule has 5 aliphatic carbocycles. The average Bonchev–Trinajstić information content (AvgIpc) is 3.44. The van der Waals surface area contributed by atoms with Crippen LogP contribution in [0.25, 0.3) is 16.5 Å². The summed E-state index contributed by atoms with van der Waals surface area (Å²) in [5.41, 5.74) is 7.14. The maximum atomic E-state index is 13.8. The first-order chi connectivity index (χ1) is 22.6. The lowest BCUT2D eigenvalue weighted by Crippen LogP contribution is -2.48. The van der Waals surface area contributed by atoms with Gasteiger partial charge in [0, 0.05) is 62.4 Å². The second kappa shape index (κ2) is 12.9. The zero-order valence-electron chi connectivity index (χ0n) is 28.9. The second-order valence-corrected chi connectivity index (χ2v) is 16.0. The average molecular weight is 637 g/mol. The number of hydrogen-bond donors (Lipinski definition) is 1.